The number of carbonyl (C=O) groups is 1. The van der Waals surface area contributed by atoms with E-state index in [1.54, 1.807) is 37.3 Å². The molecule has 12 heteroatoms. The van der Waals surface area contributed by atoms with E-state index in [1.165, 1.54) is 24.3 Å². The van der Waals surface area contributed by atoms with Crippen molar-refractivity contribution in [2.24, 2.45) is 0 Å². The first-order chi connectivity index (χ1) is 15.7. The number of halogens is 3. The first kappa shape index (κ1) is 23.7. The Morgan fingerprint density at radius 2 is 1.73 bits per heavy atom. The van der Waals surface area contributed by atoms with Gasteiger partial charge in [-0.2, -0.15) is 8.75 Å². The highest BCUT2D eigenvalue weighted by atomic mass is 35.5. The molecule has 0 aliphatic rings. The van der Waals surface area contributed by atoms with Crippen molar-refractivity contribution in [2.75, 3.05) is 4.72 Å². The number of anilines is 1. The van der Waals surface area contributed by atoms with E-state index in [0.717, 1.165) is 11.7 Å². The fourth-order valence-electron chi connectivity index (χ4n) is 3.20. The number of fused-ring (bicyclic) bond motifs is 1. The molecule has 0 fully saturated rings. The molecule has 0 saturated carbocycles. The maximum Gasteiger partial charge on any atom is 0.264 e. The molecule has 4 aromatic rings. The van der Waals surface area contributed by atoms with Crippen LogP contribution in [0.15, 0.2) is 59.5 Å². The van der Waals surface area contributed by atoms with Gasteiger partial charge in [-0.1, -0.05) is 46.9 Å². The number of nitrogens with zero attached hydrogens (tertiary/aromatic N) is 2. The van der Waals surface area contributed by atoms with E-state index in [2.05, 4.69) is 18.8 Å². The van der Waals surface area contributed by atoms with Crippen molar-refractivity contribution in [3.63, 3.8) is 0 Å². The number of sulfonamides is 1. The Morgan fingerprint density at radius 1 is 1.00 bits per heavy atom. The van der Waals surface area contributed by atoms with Gasteiger partial charge in [0.15, 0.2) is 0 Å². The van der Waals surface area contributed by atoms with E-state index in [9.17, 15) is 13.2 Å². The number of carbonyl (C=O) groups excluding carboxylic acids is 1. The van der Waals surface area contributed by atoms with E-state index >= 15 is 0 Å². The Labute approximate surface area is 209 Å². The minimum Gasteiger partial charge on any atom is -0.345 e. The van der Waals surface area contributed by atoms with Crippen LogP contribution in [0, 0.1) is 0 Å². The van der Waals surface area contributed by atoms with Crippen molar-refractivity contribution in [3.8, 4) is 0 Å². The van der Waals surface area contributed by atoms with Crippen LogP contribution < -0.4 is 10.0 Å². The Morgan fingerprint density at radius 3 is 2.48 bits per heavy atom. The Kier molecular flexibility index (Phi) is 6.78. The molecule has 1 unspecified atom stereocenters. The van der Waals surface area contributed by atoms with Crippen molar-refractivity contribution in [1.82, 2.24) is 14.1 Å². The average molecular weight is 542 g/mol. The van der Waals surface area contributed by atoms with Gasteiger partial charge in [0.1, 0.15) is 15.9 Å². The van der Waals surface area contributed by atoms with Crippen molar-refractivity contribution in [2.45, 2.75) is 17.9 Å². The van der Waals surface area contributed by atoms with E-state index in [1.807, 2.05) is 0 Å². The second kappa shape index (κ2) is 9.44. The lowest BCUT2D eigenvalue weighted by Crippen LogP contribution is -2.28. The van der Waals surface area contributed by atoms with Crippen LogP contribution in [0.3, 0.4) is 0 Å². The number of aromatic nitrogens is 2. The first-order valence-corrected chi connectivity index (χ1v) is 12.8. The van der Waals surface area contributed by atoms with Crippen molar-refractivity contribution in [3.05, 3.63) is 80.8 Å². The van der Waals surface area contributed by atoms with E-state index in [-0.39, 0.29) is 26.7 Å². The summed E-state index contributed by atoms with van der Waals surface area (Å²) in [5.74, 6) is -0.540. The van der Waals surface area contributed by atoms with Gasteiger partial charge in [0.05, 0.1) is 29.0 Å². The van der Waals surface area contributed by atoms with Gasteiger partial charge in [-0.25, -0.2) is 8.42 Å². The minimum absolute atomic E-state index is 0.0450. The van der Waals surface area contributed by atoms with Gasteiger partial charge in [0.2, 0.25) is 0 Å². The maximum absolute atomic E-state index is 13.1. The summed E-state index contributed by atoms with van der Waals surface area (Å²) >= 11 is 19.2. The molecular formula is C21H15Cl3N4O3S2. The number of hydrogen-bond donors (Lipinski definition) is 2. The molecule has 7 nitrogen and oxygen atoms in total. The van der Waals surface area contributed by atoms with Crippen molar-refractivity contribution in [1.29, 1.82) is 0 Å². The van der Waals surface area contributed by atoms with E-state index in [0.29, 0.717) is 21.1 Å². The van der Waals surface area contributed by atoms with Crippen LogP contribution in [0.4, 0.5) is 5.69 Å². The van der Waals surface area contributed by atoms with Crippen LogP contribution in [-0.2, 0) is 10.0 Å². The third-order valence-electron chi connectivity index (χ3n) is 4.79. The lowest BCUT2D eigenvalue weighted by Gasteiger charge is -2.18. The van der Waals surface area contributed by atoms with Crippen LogP contribution >= 0.6 is 46.5 Å². The number of nitrogens with one attached hydrogen (secondary N) is 2. The highest BCUT2D eigenvalue weighted by Crippen LogP contribution is 2.29. The molecule has 0 bridgehead atoms. The number of benzene rings is 3. The zero-order chi connectivity index (χ0) is 23.8. The van der Waals surface area contributed by atoms with Crippen LogP contribution in [0.5, 0.6) is 0 Å². The molecule has 170 valence electrons. The predicted octanol–water partition coefficient (Wildman–Crippen LogP) is 5.94. The van der Waals surface area contributed by atoms with Crippen LogP contribution in [-0.4, -0.2) is 23.1 Å². The fraction of sp³-hybridized carbons (Fsp3) is 0.0952. The Balaban J connectivity index is 1.65. The number of amides is 1. The van der Waals surface area contributed by atoms with E-state index in [4.69, 9.17) is 34.8 Å². The highest BCUT2D eigenvalue weighted by Gasteiger charge is 2.23. The molecule has 0 radical (unpaired) electrons. The maximum atomic E-state index is 13.1. The molecular weight excluding hydrogens is 527 g/mol. The van der Waals surface area contributed by atoms with Crippen LogP contribution in [0.1, 0.15) is 28.9 Å². The van der Waals surface area contributed by atoms with Gasteiger partial charge in [-0.05, 0) is 55.0 Å². The molecule has 1 aromatic heterocycles. The monoisotopic (exact) mass is 540 g/mol. The molecule has 3 aromatic carbocycles. The summed E-state index contributed by atoms with van der Waals surface area (Å²) in [6, 6.07) is 13.4. The summed E-state index contributed by atoms with van der Waals surface area (Å²) in [4.78, 5) is 13.0. The summed E-state index contributed by atoms with van der Waals surface area (Å²) in [6.07, 6.45) is 0. The molecule has 4 rings (SSSR count). The fourth-order valence-corrected chi connectivity index (χ4v) is 5.79. The normalized spacial score (nSPS) is 12.5. The van der Waals surface area contributed by atoms with Gasteiger partial charge < -0.3 is 5.32 Å². The van der Waals surface area contributed by atoms with Gasteiger partial charge in [0, 0.05) is 15.1 Å². The number of hydrogen-bond acceptors (Lipinski definition) is 6. The third-order valence-corrected chi connectivity index (χ3v) is 7.52. The largest absolute Gasteiger partial charge is 0.345 e. The topological polar surface area (TPSA) is 101 Å². The molecule has 33 heavy (non-hydrogen) atoms. The predicted molar refractivity (Wildman–Crippen MR) is 132 cm³/mol. The smallest absolute Gasteiger partial charge is 0.264 e. The second-order valence-electron chi connectivity index (χ2n) is 7.04. The Hall–Kier alpha value is -2.43. The average Bonchev–Trinajstić information content (AvgIpc) is 3.23. The molecule has 1 amide bonds. The van der Waals surface area contributed by atoms with Crippen molar-refractivity contribution >= 4 is 79.2 Å². The molecule has 1 atom stereocenters. The standard InChI is InChI=1S/C21H15Cl3N4O3S2/c1-11(14-7-5-13(23)10-16(14)24)25-21(29)15-9-12(22)6-8-17(15)28-33(30,31)19-4-2-3-18-20(19)27-32-26-18/h2-11,28H,1H3,(H,25,29). The van der Waals surface area contributed by atoms with Crippen LogP contribution in [0.2, 0.25) is 15.1 Å². The lowest BCUT2D eigenvalue weighted by molar-refractivity contribution is 0.0941. The summed E-state index contributed by atoms with van der Waals surface area (Å²) < 4.78 is 36.9. The van der Waals surface area contributed by atoms with Gasteiger partial charge in [-0.3, -0.25) is 9.52 Å². The number of rotatable bonds is 6. The molecule has 0 aliphatic carbocycles. The van der Waals surface area contributed by atoms with Crippen molar-refractivity contribution < 1.29 is 13.2 Å². The SMILES string of the molecule is CC(NC(=O)c1cc(Cl)ccc1NS(=O)(=O)c1cccc2nsnc12)c1ccc(Cl)cc1Cl. The molecule has 0 saturated heterocycles. The van der Waals surface area contributed by atoms with E-state index < -0.39 is 22.0 Å². The first-order valence-electron chi connectivity index (χ1n) is 9.45. The van der Waals surface area contributed by atoms with Gasteiger partial charge in [0.25, 0.3) is 15.9 Å². The van der Waals surface area contributed by atoms with Gasteiger partial charge >= 0.3 is 0 Å². The lowest BCUT2D eigenvalue weighted by atomic mass is 10.1. The van der Waals surface area contributed by atoms with Crippen LogP contribution in [0.25, 0.3) is 11.0 Å². The van der Waals surface area contributed by atoms with Gasteiger partial charge in [-0.15, -0.1) is 0 Å². The molecule has 2 N–H and O–H groups in total. The summed E-state index contributed by atoms with van der Waals surface area (Å²) in [6.45, 7) is 1.75. The second-order valence-corrected chi connectivity index (χ2v) is 10.5. The summed E-state index contributed by atoms with van der Waals surface area (Å²) in [5, 5.41) is 3.95. The quantitative estimate of drug-likeness (QED) is 0.314. The summed E-state index contributed by atoms with van der Waals surface area (Å²) in [5.41, 5.74) is 1.48. The zero-order valence-electron chi connectivity index (χ0n) is 16.8. The molecule has 0 spiro atoms. The molecule has 1 heterocycles. The summed E-state index contributed by atoms with van der Waals surface area (Å²) in [7, 11) is -4.08. The molecule has 0 aliphatic heterocycles. The highest BCUT2D eigenvalue weighted by molar-refractivity contribution is 7.93. The third kappa shape index (κ3) is 5.07. The zero-order valence-corrected chi connectivity index (χ0v) is 20.7. The minimum atomic E-state index is -4.08. The Bertz CT molecular complexity index is 1470.